The van der Waals surface area contributed by atoms with Crippen molar-refractivity contribution >= 4 is 0 Å². The highest BCUT2D eigenvalue weighted by Crippen LogP contribution is 2.54. The number of methoxy groups -OCH3 is 6. The number of hydrogen-bond donors (Lipinski definition) is 0. The molecule has 0 fully saturated rings. The van der Waals surface area contributed by atoms with E-state index in [0.29, 0.717) is 93.9 Å². The number of rotatable bonds is 18. The summed E-state index contributed by atoms with van der Waals surface area (Å²) >= 11 is 0. The van der Waals surface area contributed by atoms with Crippen molar-refractivity contribution in [2.75, 3.05) is 42.7 Å². The van der Waals surface area contributed by atoms with Crippen LogP contribution in [0.4, 0.5) is 0 Å². The topological polar surface area (TPSA) is 64.6 Å². The van der Waals surface area contributed by atoms with Gasteiger partial charge >= 0.3 is 0 Å². The Balaban J connectivity index is 2.16. The Labute approximate surface area is 290 Å². The zero-order chi connectivity index (χ0) is 35.5. The molecular formula is C42H46O7. The minimum Gasteiger partial charge on any atom is -0.496 e. The molecule has 0 aromatic heterocycles. The second kappa shape index (κ2) is 17.0. The molecule has 0 heterocycles. The van der Waals surface area contributed by atoms with Crippen LogP contribution in [0.5, 0.6) is 46.0 Å². The highest BCUT2D eigenvalue weighted by molar-refractivity contribution is 5.88. The van der Waals surface area contributed by atoms with Gasteiger partial charge in [0.1, 0.15) is 23.0 Å². The van der Waals surface area contributed by atoms with Crippen molar-refractivity contribution in [2.45, 2.75) is 25.7 Å². The first-order chi connectivity index (χ1) is 23.9. The van der Waals surface area contributed by atoms with Gasteiger partial charge < -0.3 is 33.2 Å². The number of hydrogen-bond acceptors (Lipinski definition) is 7. The van der Waals surface area contributed by atoms with Crippen LogP contribution in [0.25, 0.3) is 22.3 Å². The molecule has 0 N–H and O–H groups in total. The van der Waals surface area contributed by atoms with Crippen LogP contribution in [0.15, 0.2) is 99.2 Å². The van der Waals surface area contributed by atoms with Crippen LogP contribution < -0.4 is 33.2 Å². The maximum Gasteiger partial charge on any atom is 0.177 e. The fraction of sp³-hybridized carbons (Fsp3) is 0.238. The molecule has 0 radical (unpaired) electrons. The summed E-state index contributed by atoms with van der Waals surface area (Å²) in [6.07, 6.45) is 9.69. The second-order valence-corrected chi connectivity index (χ2v) is 11.1. The number of allylic oxidation sites excluding steroid dienone is 4. The van der Waals surface area contributed by atoms with E-state index in [4.69, 9.17) is 33.2 Å². The average Bonchev–Trinajstić information content (AvgIpc) is 3.12. The molecule has 0 unspecified atom stereocenters. The number of benzene rings is 4. The molecule has 7 heteroatoms. The first-order valence-electron chi connectivity index (χ1n) is 15.9. The normalized spacial score (nSPS) is 10.5. The second-order valence-electron chi connectivity index (χ2n) is 11.1. The lowest BCUT2D eigenvalue weighted by molar-refractivity contribution is 0.353. The van der Waals surface area contributed by atoms with E-state index in [0.717, 1.165) is 22.3 Å². The van der Waals surface area contributed by atoms with Gasteiger partial charge in [-0.3, -0.25) is 0 Å². The SMILES string of the molecule is C=CCc1cc(OC)c(-c2ccc(CC=C)c(OC)c2Oc2c(-c3c(OC)cc(CC=C)cc3OC)ccc(CC=C)c2OC)c(OC)c1. The molecule has 0 atom stereocenters. The van der Waals surface area contributed by atoms with E-state index < -0.39 is 0 Å². The standard InChI is InChI=1S/C42H46O7/c1-11-15-27-23-33(43-5)37(34(24-27)44-6)31-21-19-29(17-13-3)39(47-9)41(31)49-42-32(22-20-30(18-14-4)40(42)48-10)38-35(45-7)25-28(16-12-2)26-36(38)46-8/h11-14,19-26H,1-4,15-18H2,5-10H3. The van der Waals surface area contributed by atoms with Crippen molar-refractivity contribution < 1.29 is 33.2 Å². The van der Waals surface area contributed by atoms with Crippen LogP contribution in [0.2, 0.25) is 0 Å². The van der Waals surface area contributed by atoms with Gasteiger partial charge in [-0.2, -0.15) is 0 Å². The summed E-state index contributed by atoms with van der Waals surface area (Å²) in [4.78, 5) is 0. The molecule has 7 nitrogen and oxygen atoms in total. The third-order valence-electron chi connectivity index (χ3n) is 8.16. The predicted octanol–water partition coefficient (Wildman–Crippen LogP) is 9.78. The fourth-order valence-corrected chi connectivity index (χ4v) is 6.02. The molecule has 0 amide bonds. The van der Waals surface area contributed by atoms with Crippen molar-refractivity contribution in [1.82, 2.24) is 0 Å². The van der Waals surface area contributed by atoms with E-state index in [9.17, 15) is 0 Å². The molecule has 4 aromatic rings. The Morgan fingerprint density at radius 1 is 0.429 bits per heavy atom. The zero-order valence-electron chi connectivity index (χ0n) is 29.4. The van der Waals surface area contributed by atoms with E-state index in [1.54, 1.807) is 42.7 Å². The van der Waals surface area contributed by atoms with Crippen LogP contribution in [0.1, 0.15) is 22.3 Å². The summed E-state index contributed by atoms with van der Waals surface area (Å²) in [5.41, 5.74) is 6.51. The Morgan fingerprint density at radius 2 is 0.755 bits per heavy atom. The lowest BCUT2D eigenvalue weighted by atomic mass is 9.95. The summed E-state index contributed by atoms with van der Waals surface area (Å²) in [5.74, 6) is 4.35. The van der Waals surface area contributed by atoms with Crippen molar-refractivity contribution in [2.24, 2.45) is 0 Å². The van der Waals surface area contributed by atoms with Crippen molar-refractivity contribution in [3.63, 3.8) is 0 Å². The first-order valence-corrected chi connectivity index (χ1v) is 15.9. The van der Waals surface area contributed by atoms with E-state index in [2.05, 4.69) is 26.3 Å². The summed E-state index contributed by atoms with van der Waals surface area (Å²) < 4.78 is 43.2. The van der Waals surface area contributed by atoms with Gasteiger partial charge in [0.15, 0.2) is 23.0 Å². The monoisotopic (exact) mass is 662 g/mol. The van der Waals surface area contributed by atoms with Crippen molar-refractivity contribution in [3.05, 3.63) is 121 Å². The molecule has 0 aliphatic heterocycles. The van der Waals surface area contributed by atoms with Gasteiger partial charge in [-0.15, -0.1) is 26.3 Å². The summed E-state index contributed by atoms with van der Waals surface area (Å²) in [6, 6.07) is 15.9. The largest absolute Gasteiger partial charge is 0.496 e. The summed E-state index contributed by atoms with van der Waals surface area (Å²) in [6.45, 7) is 15.7. The minimum absolute atomic E-state index is 0.437. The van der Waals surface area contributed by atoms with Crippen LogP contribution in [-0.2, 0) is 25.7 Å². The van der Waals surface area contributed by atoms with Crippen LogP contribution >= 0.6 is 0 Å². The van der Waals surface area contributed by atoms with Gasteiger partial charge in [0.25, 0.3) is 0 Å². The summed E-state index contributed by atoms with van der Waals surface area (Å²) in [5, 5.41) is 0. The average molecular weight is 663 g/mol. The molecule has 0 spiro atoms. The van der Waals surface area contributed by atoms with Gasteiger partial charge in [0, 0.05) is 22.3 Å². The van der Waals surface area contributed by atoms with E-state index in [-0.39, 0.29) is 0 Å². The molecule has 0 saturated carbocycles. The summed E-state index contributed by atoms with van der Waals surface area (Å²) in [7, 11) is 9.78. The van der Waals surface area contributed by atoms with Crippen molar-refractivity contribution in [3.8, 4) is 68.2 Å². The van der Waals surface area contributed by atoms with Gasteiger partial charge in [-0.05, 0) is 73.2 Å². The lowest BCUT2D eigenvalue weighted by Crippen LogP contribution is -2.04. The molecule has 256 valence electrons. The van der Waals surface area contributed by atoms with Crippen LogP contribution in [-0.4, -0.2) is 42.7 Å². The molecular weight excluding hydrogens is 616 g/mol. The smallest absolute Gasteiger partial charge is 0.177 e. The van der Waals surface area contributed by atoms with Crippen LogP contribution in [0, 0.1) is 0 Å². The maximum absolute atomic E-state index is 7.15. The van der Waals surface area contributed by atoms with Gasteiger partial charge in [0.2, 0.25) is 0 Å². The van der Waals surface area contributed by atoms with Crippen molar-refractivity contribution in [1.29, 1.82) is 0 Å². The zero-order valence-corrected chi connectivity index (χ0v) is 29.4. The molecule has 49 heavy (non-hydrogen) atoms. The quantitative estimate of drug-likeness (QED) is 0.0983. The molecule has 4 rings (SSSR count). The Bertz CT molecular complexity index is 1650. The Kier molecular flexibility index (Phi) is 12.6. The molecule has 0 saturated heterocycles. The highest BCUT2D eigenvalue weighted by Gasteiger charge is 2.28. The van der Waals surface area contributed by atoms with E-state index in [1.807, 2.05) is 72.8 Å². The highest BCUT2D eigenvalue weighted by atomic mass is 16.5. The third kappa shape index (κ3) is 7.46. The first kappa shape index (κ1) is 36.3. The fourth-order valence-electron chi connectivity index (χ4n) is 6.02. The van der Waals surface area contributed by atoms with Gasteiger partial charge in [-0.1, -0.05) is 36.4 Å². The molecule has 4 aromatic carbocycles. The number of ether oxygens (including phenoxy) is 7. The van der Waals surface area contributed by atoms with E-state index in [1.165, 1.54) is 0 Å². The maximum atomic E-state index is 7.15. The minimum atomic E-state index is 0.437. The molecule has 0 bridgehead atoms. The lowest BCUT2D eigenvalue weighted by Gasteiger charge is -2.25. The van der Waals surface area contributed by atoms with E-state index >= 15 is 0 Å². The van der Waals surface area contributed by atoms with Gasteiger partial charge in [-0.25, -0.2) is 0 Å². The Hall–Kier alpha value is -5.56. The third-order valence-corrected chi connectivity index (χ3v) is 8.16. The predicted molar refractivity (Wildman–Crippen MR) is 199 cm³/mol. The Morgan fingerprint density at radius 3 is 1.02 bits per heavy atom. The van der Waals surface area contributed by atoms with Gasteiger partial charge in [0.05, 0.1) is 53.8 Å². The molecule has 0 aliphatic carbocycles. The molecule has 0 aliphatic rings. The van der Waals surface area contributed by atoms with Crippen LogP contribution in [0.3, 0.4) is 0 Å².